The highest BCUT2D eigenvalue weighted by atomic mass is 19.1. The summed E-state index contributed by atoms with van der Waals surface area (Å²) in [7, 11) is 0. The number of carbonyl (C=O) groups is 1. The number of nitrogens with one attached hydrogen (secondary N) is 1. The minimum atomic E-state index is -0.885. The van der Waals surface area contributed by atoms with Gasteiger partial charge >= 0.3 is 0 Å². The lowest BCUT2D eigenvalue weighted by atomic mass is 10.1. The van der Waals surface area contributed by atoms with Gasteiger partial charge in [0.1, 0.15) is 5.75 Å². The summed E-state index contributed by atoms with van der Waals surface area (Å²) in [6.07, 6.45) is 0. The Morgan fingerprint density at radius 1 is 1.31 bits per heavy atom. The summed E-state index contributed by atoms with van der Waals surface area (Å²) in [6, 6.07) is 0.860. The molecule has 0 saturated carbocycles. The standard InChI is InChI=1S/C9H10FNO3.C2H6/c1-4-8(13)6(10)3-7(9(4)14)11-5(2)12;1-2/h3,13-14H,1-2H3,(H,11,12);1-2H3. The van der Waals surface area contributed by atoms with Crippen LogP contribution in [0.5, 0.6) is 11.5 Å². The van der Waals surface area contributed by atoms with Gasteiger partial charge in [-0.15, -0.1) is 0 Å². The number of phenols is 2. The van der Waals surface area contributed by atoms with E-state index in [0.717, 1.165) is 6.07 Å². The van der Waals surface area contributed by atoms with Gasteiger partial charge in [-0.1, -0.05) is 13.8 Å². The van der Waals surface area contributed by atoms with Gasteiger partial charge in [0.15, 0.2) is 11.6 Å². The fourth-order valence-electron chi connectivity index (χ4n) is 1.04. The van der Waals surface area contributed by atoms with Gasteiger partial charge in [-0.2, -0.15) is 0 Å². The second-order valence-corrected chi connectivity index (χ2v) is 2.91. The highest BCUT2D eigenvalue weighted by Crippen LogP contribution is 2.35. The van der Waals surface area contributed by atoms with Crippen molar-refractivity contribution in [3.8, 4) is 11.5 Å². The minimum absolute atomic E-state index is 0.00579. The Kier molecular flexibility index (Phi) is 5.29. The van der Waals surface area contributed by atoms with Crippen molar-refractivity contribution in [3.05, 3.63) is 17.4 Å². The molecule has 0 bridgehead atoms. The number of halogens is 1. The van der Waals surface area contributed by atoms with Crippen molar-refractivity contribution in [1.29, 1.82) is 0 Å². The number of anilines is 1. The molecule has 4 nitrogen and oxygen atoms in total. The summed E-state index contributed by atoms with van der Waals surface area (Å²) in [5, 5.41) is 20.8. The Bertz CT molecular complexity index is 391. The van der Waals surface area contributed by atoms with Gasteiger partial charge in [0.05, 0.1) is 5.69 Å². The Morgan fingerprint density at radius 2 is 1.81 bits per heavy atom. The fraction of sp³-hybridized carbons (Fsp3) is 0.364. The number of aromatic hydroxyl groups is 2. The van der Waals surface area contributed by atoms with Gasteiger partial charge < -0.3 is 15.5 Å². The van der Waals surface area contributed by atoms with E-state index in [1.54, 1.807) is 0 Å². The topological polar surface area (TPSA) is 69.6 Å². The summed E-state index contributed by atoms with van der Waals surface area (Å²) >= 11 is 0. The maximum Gasteiger partial charge on any atom is 0.221 e. The van der Waals surface area contributed by atoms with Gasteiger partial charge in [-0.25, -0.2) is 4.39 Å². The fourth-order valence-corrected chi connectivity index (χ4v) is 1.04. The number of rotatable bonds is 1. The Morgan fingerprint density at radius 3 is 2.25 bits per heavy atom. The van der Waals surface area contributed by atoms with Crippen LogP contribution in [0.3, 0.4) is 0 Å². The van der Waals surface area contributed by atoms with E-state index in [1.807, 2.05) is 13.8 Å². The zero-order valence-electron chi connectivity index (χ0n) is 9.76. The number of hydrogen-bond acceptors (Lipinski definition) is 3. The van der Waals surface area contributed by atoms with Gasteiger partial charge in [-0.05, 0) is 6.92 Å². The largest absolute Gasteiger partial charge is 0.505 e. The second kappa shape index (κ2) is 5.95. The molecule has 1 amide bonds. The van der Waals surface area contributed by atoms with Crippen LogP contribution in [0.2, 0.25) is 0 Å². The first kappa shape index (κ1) is 14.2. The Labute approximate surface area is 93.7 Å². The van der Waals surface area contributed by atoms with Crippen LogP contribution >= 0.6 is 0 Å². The molecule has 0 radical (unpaired) electrons. The van der Waals surface area contributed by atoms with Crippen molar-refractivity contribution in [2.24, 2.45) is 0 Å². The normalized spacial score (nSPS) is 9.06. The lowest BCUT2D eigenvalue weighted by Gasteiger charge is -2.09. The first-order valence-corrected chi connectivity index (χ1v) is 4.92. The van der Waals surface area contributed by atoms with E-state index in [9.17, 15) is 14.3 Å². The molecule has 0 aliphatic rings. The molecule has 0 heterocycles. The third-order valence-corrected chi connectivity index (χ3v) is 1.77. The number of carbonyl (C=O) groups excluding carboxylic acids is 1. The zero-order valence-corrected chi connectivity index (χ0v) is 9.76. The van der Waals surface area contributed by atoms with E-state index in [-0.39, 0.29) is 17.0 Å². The minimum Gasteiger partial charge on any atom is -0.505 e. The van der Waals surface area contributed by atoms with Crippen LogP contribution in [0.1, 0.15) is 26.3 Å². The summed E-state index contributed by atoms with van der Waals surface area (Å²) in [5.74, 6) is -2.26. The molecule has 5 heteroatoms. The molecule has 1 rings (SSSR count). The summed E-state index contributed by atoms with van der Waals surface area (Å²) in [5.41, 5.74) is -0.0564. The molecule has 3 N–H and O–H groups in total. The first-order valence-electron chi connectivity index (χ1n) is 4.92. The predicted octanol–water partition coefficient (Wildman–Crippen LogP) is 2.53. The average molecular weight is 229 g/mol. The lowest BCUT2D eigenvalue weighted by molar-refractivity contribution is -0.114. The summed E-state index contributed by atoms with van der Waals surface area (Å²) in [6.45, 7) is 6.58. The van der Waals surface area contributed by atoms with Gasteiger partial charge in [0.25, 0.3) is 0 Å². The Hall–Kier alpha value is -1.78. The molecule has 1 aromatic rings. The third-order valence-electron chi connectivity index (χ3n) is 1.77. The van der Waals surface area contributed by atoms with Crippen LogP contribution in [0, 0.1) is 12.7 Å². The summed E-state index contributed by atoms with van der Waals surface area (Å²) < 4.78 is 13.0. The SMILES string of the molecule is CC.CC(=O)Nc1cc(F)c(O)c(C)c1O. The number of phenolic OH excluding ortho intramolecular Hbond substituents is 2. The van der Waals surface area contributed by atoms with Crippen molar-refractivity contribution in [2.75, 3.05) is 5.32 Å². The molecule has 1 aromatic carbocycles. The smallest absolute Gasteiger partial charge is 0.221 e. The Balaban J connectivity index is 0.00000106. The third kappa shape index (κ3) is 3.12. The zero-order chi connectivity index (χ0) is 12.9. The maximum atomic E-state index is 13.0. The van der Waals surface area contributed by atoms with Crippen LogP contribution in [-0.4, -0.2) is 16.1 Å². The average Bonchev–Trinajstić information content (AvgIpc) is 2.25. The van der Waals surface area contributed by atoms with E-state index in [1.165, 1.54) is 13.8 Å². The van der Waals surface area contributed by atoms with Crippen LogP contribution in [0.4, 0.5) is 10.1 Å². The van der Waals surface area contributed by atoms with Crippen molar-refractivity contribution in [1.82, 2.24) is 0 Å². The van der Waals surface area contributed by atoms with Crippen molar-refractivity contribution < 1.29 is 19.4 Å². The molecule has 0 aromatic heterocycles. The van der Waals surface area contributed by atoms with E-state index in [2.05, 4.69) is 5.32 Å². The quantitative estimate of drug-likeness (QED) is 0.512. The van der Waals surface area contributed by atoms with Crippen LogP contribution < -0.4 is 5.32 Å². The summed E-state index contributed by atoms with van der Waals surface area (Å²) in [4.78, 5) is 10.7. The predicted molar refractivity (Wildman–Crippen MR) is 60.1 cm³/mol. The van der Waals surface area contributed by atoms with Crippen molar-refractivity contribution >= 4 is 11.6 Å². The monoisotopic (exact) mass is 229 g/mol. The van der Waals surface area contributed by atoms with Crippen LogP contribution in [0.25, 0.3) is 0 Å². The second-order valence-electron chi connectivity index (χ2n) is 2.91. The maximum absolute atomic E-state index is 13.0. The van der Waals surface area contributed by atoms with Gasteiger partial charge in [0, 0.05) is 18.6 Å². The van der Waals surface area contributed by atoms with Gasteiger partial charge in [0.2, 0.25) is 5.91 Å². The van der Waals surface area contributed by atoms with E-state index < -0.39 is 17.5 Å². The molecule has 16 heavy (non-hydrogen) atoms. The lowest BCUT2D eigenvalue weighted by Crippen LogP contribution is -2.06. The molecule has 90 valence electrons. The van der Waals surface area contributed by atoms with Crippen LogP contribution in [0.15, 0.2) is 6.07 Å². The highest BCUT2D eigenvalue weighted by Gasteiger charge is 2.14. The number of amides is 1. The molecular formula is C11H16FNO3. The molecule has 0 spiro atoms. The molecule has 0 atom stereocenters. The molecule has 0 fully saturated rings. The number of hydrogen-bond donors (Lipinski definition) is 3. The van der Waals surface area contributed by atoms with Gasteiger partial charge in [-0.3, -0.25) is 4.79 Å². The van der Waals surface area contributed by atoms with E-state index >= 15 is 0 Å². The molecule has 0 unspecified atom stereocenters. The molecule has 0 aliphatic heterocycles. The van der Waals surface area contributed by atoms with E-state index in [4.69, 9.17) is 5.11 Å². The highest BCUT2D eigenvalue weighted by molar-refractivity contribution is 5.90. The first-order chi connectivity index (χ1) is 7.43. The number of benzene rings is 1. The molecular weight excluding hydrogens is 213 g/mol. The van der Waals surface area contributed by atoms with Crippen molar-refractivity contribution in [2.45, 2.75) is 27.7 Å². The van der Waals surface area contributed by atoms with Crippen molar-refractivity contribution in [3.63, 3.8) is 0 Å². The van der Waals surface area contributed by atoms with E-state index in [0.29, 0.717) is 0 Å². The molecule has 0 saturated heterocycles. The molecule has 0 aliphatic carbocycles. The van der Waals surface area contributed by atoms with Crippen LogP contribution in [-0.2, 0) is 4.79 Å².